The van der Waals surface area contributed by atoms with Crippen molar-refractivity contribution in [1.29, 1.82) is 0 Å². The second kappa shape index (κ2) is 2.34. The lowest BCUT2D eigenvalue weighted by molar-refractivity contribution is 0.599. The Hall–Kier alpha value is -0.830. The van der Waals surface area contributed by atoms with Crippen LogP contribution in [0.3, 0.4) is 0 Å². The molecule has 0 N–H and O–H groups in total. The van der Waals surface area contributed by atoms with Gasteiger partial charge in [-0.05, 0) is 18.9 Å². The van der Waals surface area contributed by atoms with Crippen molar-refractivity contribution < 1.29 is 0 Å². The van der Waals surface area contributed by atoms with Crippen molar-refractivity contribution in [3.05, 3.63) is 27.6 Å². The van der Waals surface area contributed by atoms with Gasteiger partial charge in [0.2, 0.25) is 0 Å². The summed E-state index contributed by atoms with van der Waals surface area (Å²) in [7, 11) is 0. The zero-order valence-corrected chi connectivity index (χ0v) is 6.58. The summed E-state index contributed by atoms with van der Waals surface area (Å²) in [6.07, 6.45) is 2.10. The lowest BCUT2D eigenvalue weighted by Crippen LogP contribution is -2.20. The third-order valence-corrected chi connectivity index (χ3v) is 1.89. The minimum Gasteiger partial charge on any atom is -0.268 e. The summed E-state index contributed by atoms with van der Waals surface area (Å²) in [6.45, 7) is 0. The molecule has 58 valence electrons. The van der Waals surface area contributed by atoms with Crippen LogP contribution < -0.4 is 5.56 Å². The zero-order chi connectivity index (χ0) is 7.84. The molecule has 1 aromatic heterocycles. The minimum atomic E-state index is -0.0584. The average Bonchev–Trinajstić information content (AvgIpc) is 2.76. The van der Waals surface area contributed by atoms with Crippen molar-refractivity contribution in [2.75, 3.05) is 0 Å². The molecule has 0 amide bonds. The van der Waals surface area contributed by atoms with E-state index in [4.69, 9.17) is 11.6 Å². The number of hydrogen-bond acceptors (Lipinski definition) is 2. The van der Waals surface area contributed by atoms with Crippen LogP contribution in [0.5, 0.6) is 0 Å². The number of rotatable bonds is 1. The molecule has 11 heavy (non-hydrogen) atoms. The minimum absolute atomic E-state index is 0.0584. The van der Waals surface area contributed by atoms with E-state index in [1.54, 1.807) is 0 Å². The fourth-order valence-electron chi connectivity index (χ4n) is 0.983. The van der Waals surface area contributed by atoms with E-state index >= 15 is 0 Å². The average molecular weight is 171 g/mol. The molecule has 1 saturated carbocycles. The van der Waals surface area contributed by atoms with Crippen molar-refractivity contribution in [3.63, 3.8) is 0 Å². The maximum absolute atomic E-state index is 11.1. The molecule has 1 aliphatic rings. The van der Waals surface area contributed by atoms with Crippen LogP contribution in [-0.2, 0) is 0 Å². The van der Waals surface area contributed by atoms with Gasteiger partial charge in [-0.15, -0.1) is 0 Å². The third kappa shape index (κ3) is 1.28. The van der Waals surface area contributed by atoms with Crippen LogP contribution >= 0.6 is 11.6 Å². The van der Waals surface area contributed by atoms with Gasteiger partial charge in [0.1, 0.15) is 5.15 Å². The smallest absolute Gasteiger partial charge is 0.267 e. The predicted molar refractivity (Wildman–Crippen MR) is 41.8 cm³/mol. The van der Waals surface area contributed by atoms with E-state index < -0.39 is 0 Å². The van der Waals surface area contributed by atoms with Crippen LogP contribution in [0.1, 0.15) is 18.9 Å². The molecule has 0 aromatic carbocycles. The lowest BCUT2D eigenvalue weighted by Gasteiger charge is -1.99. The lowest BCUT2D eigenvalue weighted by atomic mass is 10.5. The van der Waals surface area contributed by atoms with Crippen molar-refractivity contribution in [2.24, 2.45) is 0 Å². The molecule has 1 fully saturated rings. The highest BCUT2D eigenvalue weighted by molar-refractivity contribution is 6.29. The molecule has 0 bridgehead atoms. The summed E-state index contributed by atoms with van der Waals surface area (Å²) < 4.78 is 1.46. The molecule has 1 heterocycles. The molecular formula is C7H7ClN2O. The first-order chi connectivity index (χ1) is 5.27. The molecule has 0 atom stereocenters. The maximum Gasteiger partial charge on any atom is 0.267 e. The van der Waals surface area contributed by atoms with E-state index in [0.29, 0.717) is 11.2 Å². The molecule has 0 radical (unpaired) electrons. The molecule has 1 aromatic rings. The first kappa shape index (κ1) is 6.85. The highest BCUT2D eigenvalue weighted by Crippen LogP contribution is 2.32. The van der Waals surface area contributed by atoms with E-state index in [1.165, 1.54) is 16.8 Å². The van der Waals surface area contributed by atoms with Crippen LogP contribution in [0.2, 0.25) is 5.15 Å². The quantitative estimate of drug-likeness (QED) is 0.636. The summed E-state index contributed by atoms with van der Waals surface area (Å²) >= 11 is 5.62. The monoisotopic (exact) mass is 170 g/mol. The van der Waals surface area contributed by atoms with E-state index in [1.807, 2.05) is 0 Å². The standard InChI is InChI=1S/C7H7ClN2O/c8-6-3-4-7(11)10(9-6)5-1-2-5/h3-5H,1-2H2. The first-order valence-electron chi connectivity index (χ1n) is 3.53. The molecule has 3 nitrogen and oxygen atoms in total. The third-order valence-electron chi connectivity index (χ3n) is 1.69. The normalized spacial score (nSPS) is 16.8. The summed E-state index contributed by atoms with van der Waals surface area (Å²) in [6, 6.07) is 3.28. The number of nitrogens with zero attached hydrogens (tertiary/aromatic N) is 2. The predicted octanol–water partition coefficient (Wildman–Crippen LogP) is 1.23. The summed E-state index contributed by atoms with van der Waals surface area (Å²) in [5.74, 6) is 0. The fraction of sp³-hybridized carbons (Fsp3) is 0.429. The molecule has 0 aliphatic heterocycles. The highest BCUT2D eigenvalue weighted by atomic mass is 35.5. The molecule has 4 heteroatoms. The summed E-state index contributed by atoms with van der Waals surface area (Å²) in [5.41, 5.74) is -0.0584. The van der Waals surface area contributed by atoms with Crippen LogP contribution in [-0.4, -0.2) is 9.78 Å². The van der Waals surface area contributed by atoms with Gasteiger partial charge in [-0.3, -0.25) is 4.79 Å². The molecule has 2 rings (SSSR count). The molecule has 1 aliphatic carbocycles. The van der Waals surface area contributed by atoms with Crippen molar-refractivity contribution >= 4 is 11.6 Å². The Morgan fingerprint density at radius 1 is 1.55 bits per heavy atom. The second-order valence-electron chi connectivity index (χ2n) is 2.67. The fourth-order valence-corrected chi connectivity index (χ4v) is 1.13. The van der Waals surface area contributed by atoms with Gasteiger partial charge in [0.05, 0.1) is 6.04 Å². The molecule has 0 unspecified atom stereocenters. The van der Waals surface area contributed by atoms with Crippen molar-refractivity contribution in [2.45, 2.75) is 18.9 Å². The van der Waals surface area contributed by atoms with Gasteiger partial charge in [-0.1, -0.05) is 11.6 Å². The van der Waals surface area contributed by atoms with Gasteiger partial charge in [-0.25, -0.2) is 4.68 Å². The van der Waals surface area contributed by atoms with Gasteiger partial charge >= 0.3 is 0 Å². The SMILES string of the molecule is O=c1ccc(Cl)nn1C1CC1. The molecular weight excluding hydrogens is 164 g/mol. The summed E-state index contributed by atoms with van der Waals surface area (Å²) in [5, 5.41) is 4.29. The van der Waals surface area contributed by atoms with Gasteiger partial charge in [0.25, 0.3) is 5.56 Å². The first-order valence-corrected chi connectivity index (χ1v) is 3.90. The van der Waals surface area contributed by atoms with E-state index in [9.17, 15) is 4.79 Å². The summed E-state index contributed by atoms with van der Waals surface area (Å²) in [4.78, 5) is 11.1. The van der Waals surface area contributed by atoms with Crippen molar-refractivity contribution in [1.82, 2.24) is 9.78 Å². The van der Waals surface area contributed by atoms with Gasteiger partial charge < -0.3 is 0 Å². The Kier molecular flexibility index (Phi) is 1.46. The number of halogens is 1. The van der Waals surface area contributed by atoms with Crippen LogP contribution in [0.4, 0.5) is 0 Å². The Morgan fingerprint density at radius 3 is 2.91 bits per heavy atom. The number of aromatic nitrogens is 2. The van der Waals surface area contributed by atoms with E-state index in [2.05, 4.69) is 5.10 Å². The van der Waals surface area contributed by atoms with E-state index in [0.717, 1.165) is 12.8 Å². The Balaban J connectivity index is 2.51. The van der Waals surface area contributed by atoms with Gasteiger partial charge in [0.15, 0.2) is 0 Å². The van der Waals surface area contributed by atoms with E-state index in [-0.39, 0.29) is 5.56 Å². The topological polar surface area (TPSA) is 34.9 Å². The second-order valence-corrected chi connectivity index (χ2v) is 3.06. The van der Waals surface area contributed by atoms with Crippen LogP contribution in [0.25, 0.3) is 0 Å². The molecule has 0 saturated heterocycles. The zero-order valence-electron chi connectivity index (χ0n) is 5.83. The van der Waals surface area contributed by atoms with Gasteiger partial charge in [-0.2, -0.15) is 5.10 Å². The Labute approximate surface area is 68.6 Å². The largest absolute Gasteiger partial charge is 0.268 e. The Bertz CT molecular complexity index is 329. The maximum atomic E-state index is 11.1. The molecule has 0 spiro atoms. The van der Waals surface area contributed by atoms with Gasteiger partial charge in [0, 0.05) is 6.07 Å². The van der Waals surface area contributed by atoms with Crippen LogP contribution in [0.15, 0.2) is 16.9 Å². The van der Waals surface area contributed by atoms with Crippen LogP contribution in [0, 0.1) is 0 Å². The highest BCUT2D eigenvalue weighted by Gasteiger charge is 2.25. The number of hydrogen-bond donors (Lipinski definition) is 0. The Morgan fingerprint density at radius 2 is 2.27 bits per heavy atom. The van der Waals surface area contributed by atoms with Crippen molar-refractivity contribution in [3.8, 4) is 0 Å².